The molecule has 110 valence electrons. The Morgan fingerprint density at radius 2 is 1.75 bits per heavy atom. The predicted octanol–water partition coefficient (Wildman–Crippen LogP) is 4.51. The average molecular weight is 274 g/mol. The van der Waals surface area contributed by atoms with E-state index in [2.05, 4.69) is 32.9 Å². The summed E-state index contributed by atoms with van der Waals surface area (Å²) in [6.07, 6.45) is 5.14. The second-order valence-corrected chi connectivity index (χ2v) is 6.82. The monoisotopic (exact) mass is 274 g/mol. The summed E-state index contributed by atoms with van der Waals surface area (Å²) in [5, 5.41) is 0. The van der Waals surface area contributed by atoms with Crippen molar-refractivity contribution in [3.63, 3.8) is 0 Å². The highest BCUT2D eigenvalue weighted by molar-refractivity contribution is 5.81. The molecule has 2 heteroatoms. The van der Waals surface area contributed by atoms with E-state index >= 15 is 0 Å². The summed E-state index contributed by atoms with van der Waals surface area (Å²) in [6.45, 7) is 7.10. The SMILES string of the molecule is CC(C)(C)c1ccc(OCCC(=O)C2CCCC2)cc1. The van der Waals surface area contributed by atoms with Crippen molar-refractivity contribution in [1.29, 1.82) is 0 Å². The maximum absolute atomic E-state index is 11.9. The second-order valence-electron chi connectivity index (χ2n) is 6.82. The van der Waals surface area contributed by atoms with E-state index in [-0.39, 0.29) is 5.41 Å². The number of hydrogen-bond donors (Lipinski definition) is 0. The summed E-state index contributed by atoms with van der Waals surface area (Å²) in [6, 6.07) is 8.21. The fourth-order valence-electron chi connectivity index (χ4n) is 2.77. The first-order valence-electron chi connectivity index (χ1n) is 7.73. The maximum Gasteiger partial charge on any atom is 0.139 e. The molecule has 1 aromatic rings. The van der Waals surface area contributed by atoms with Crippen molar-refractivity contribution in [2.45, 2.75) is 58.3 Å². The van der Waals surface area contributed by atoms with Crippen molar-refractivity contribution >= 4 is 5.78 Å². The van der Waals surface area contributed by atoms with Crippen molar-refractivity contribution < 1.29 is 9.53 Å². The van der Waals surface area contributed by atoms with Gasteiger partial charge in [-0.2, -0.15) is 0 Å². The Morgan fingerprint density at radius 3 is 2.30 bits per heavy atom. The highest BCUT2D eigenvalue weighted by atomic mass is 16.5. The molecule has 0 bridgehead atoms. The van der Waals surface area contributed by atoms with Gasteiger partial charge in [0, 0.05) is 12.3 Å². The van der Waals surface area contributed by atoms with E-state index in [9.17, 15) is 4.79 Å². The van der Waals surface area contributed by atoms with Gasteiger partial charge < -0.3 is 4.74 Å². The van der Waals surface area contributed by atoms with Crippen LogP contribution in [0.25, 0.3) is 0 Å². The van der Waals surface area contributed by atoms with Gasteiger partial charge in [-0.25, -0.2) is 0 Å². The Bertz CT molecular complexity index is 433. The minimum Gasteiger partial charge on any atom is -0.493 e. The molecule has 1 aliphatic carbocycles. The number of Topliss-reactive ketones (excluding diaryl/α,β-unsaturated/α-hetero) is 1. The molecule has 0 spiro atoms. The first kappa shape index (κ1) is 15.1. The van der Waals surface area contributed by atoms with Crippen LogP contribution in [0, 0.1) is 5.92 Å². The third kappa shape index (κ3) is 4.09. The molecular formula is C18H26O2. The summed E-state index contributed by atoms with van der Waals surface area (Å²) in [7, 11) is 0. The van der Waals surface area contributed by atoms with E-state index in [1.54, 1.807) is 0 Å². The minimum absolute atomic E-state index is 0.164. The Balaban J connectivity index is 1.78. The van der Waals surface area contributed by atoms with Gasteiger partial charge in [-0.1, -0.05) is 45.7 Å². The van der Waals surface area contributed by atoms with Gasteiger partial charge in [-0.05, 0) is 36.0 Å². The van der Waals surface area contributed by atoms with Crippen LogP contribution in [0.2, 0.25) is 0 Å². The average Bonchev–Trinajstić information content (AvgIpc) is 2.92. The van der Waals surface area contributed by atoms with Gasteiger partial charge >= 0.3 is 0 Å². The van der Waals surface area contributed by atoms with Crippen molar-refractivity contribution in [2.24, 2.45) is 5.92 Å². The zero-order valence-electron chi connectivity index (χ0n) is 12.9. The molecule has 0 aliphatic heterocycles. The van der Waals surface area contributed by atoms with Gasteiger partial charge in [0.25, 0.3) is 0 Å². The van der Waals surface area contributed by atoms with E-state index < -0.39 is 0 Å². The van der Waals surface area contributed by atoms with Crippen molar-refractivity contribution in [2.75, 3.05) is 6.61 Å². The molecule has 0 atom stereocenters. The van der Waals surface area contributed by atoms with Gasteiger partial charge in [0.2, 0.25) is 0 Å². The van der Waals surface area contributed by atoms with E-state index in [0.717, 1.165) is 18.6 Å². The summed E-state index contributed by atoms with van der Waals surface area (Å²) in [5.74, 6) is 1.55. The highest BCUT2D eigenvalue weighted by Gasteiger charge is 2.22. The van der Waals surface area contributed by atoms with Crippen molar-refractivity contribution in [3.05, 3.63) is 29.8 Å². The molecule has 1 saturated carbocycles. The van der Waals surface area contributed by atoms with Gasteiger partial charge in [0.1, 0.15) is 11.5 Å². The smallest absolute Gasteiger partial charge is 0.139 e. The van der Waals surface area contributed by atoms with Crippen LogP contribution in [0.15, 0.2) is 24.3 Å². The molecule has 0 amide bonds. The normalized spacial score (nSPS) is 16.4. The fraction of sp³-hybridized carbons (Fsp3) is 0.611. The Morgan fingerprint density at radius 1 is 1.15 bits per heavy atom. The largest absolute Gasteiger partial charge is 0.493 e. The fourth-order valence-corrected chi connectivity index (χ4v) is 2.77. The number of ketones is 1. The maximum atomic E-state index is 11.9. The number of carbonyl (C=O) groups is 1. The molecule has 2 rings (SSSR count). The highest BCUT2D eigenvalue weighted by Crippen LogP contribution is 2.27. The Labute approximate surface area is 122 Å². The first-order valence-corrected chi connectivity index (χ1v) is 7.73. The summed E-state index contributed by atoms with van der Waals surface area (Å²) in [4.78, 5) is 11.9. The summed E-state index contributed by atoms with van der Waals surface area (Å²) < 4.78 is 5.68. The van der Waals surface area contributed by atoms with Crippen LogP contribution in [0.4, 0.5) is 0 Å². The van der Waals surface area contributed by atoms with E-state index in [1.165, 1.54) is 18.4 Å². The molecule has 2 nitrogen and oxygen atoms in total. The van der Waals surface area contributed by atoms with Crippen molar-refractivity contribution in [3.8, 4) is 5.75 Å². The zero-order valence-corrected chi connectivity index (χ0v) is 12.9. The molecule has 0 N–H and O–H groups in total. The lowest BCUT2D eigenvalue weighted by Crippen LogP contribution is -2.14. The standard InChI is InChI=1S/C18H26O2/c1-18(2,3)15-8-10-16(11-9-15)20-13-12-17(19)14-6-4-5-7-14/h8-11,14H,4-7,12-13H2,1-3H3. The number of carbonyl (C=O) groups excluding carboxylic acids is 1. The number of rotatable bonds is 5. The predicted molar refractivity (Wildman–Crippen MR) is 82.2 cm³/mol. The number of benzene rings is 1. The molecule has 1 aliphatic rings. The lowest BCUT2D eigenvalue weighted by molar-refractivity contribution is -0.123. The quantitative estimate of drug-likeness (QED) is 0.789. The molecule has 0 radical (unpaired) electrons. The van der Waals surface area contributed by atoms with E-state index in [1.807, 2.05) is 12.1 Å². The van der Waals surface area contributed by atoms with Gasteiger partial charge in [-0.3, -0.25) is 4.79 Å². The van der Waals surface area contributed by atoms with Crippen LogP contribution in [0.3, 0.4) is 0 Å². The van der Waals surface area contributed by atoms with Crippen LogP contribution < -0.4 is 4.74 Å². The molecule has 1 aromatic carbocycles. The third-order valence-electron chi connectivity index (χ3n) is 4.15. The molecule has 0 unspecified atom stereocenters. The van der Waals surface area contributed by atoms with Crippen LogP contribution >= 0.6 is 0 Å². The molecule has 0 aromatic heterocycles. The summed E-state index contributed by atoms with van der Waals surface area (Å²) >= 11 is 0. The molecule has 0 heterocycles. The van der Waals surface area contributed by atoms with Crippen LogP contribution in [-0.2, 0) is 10.2 Å². The molecular weight excluding hydrogens is 248 g/mol. The van der Waals surface area contributed by atoms with Crippen LogP contribution in [0.5, 0.6) is 5.75 Å². The van der Waals surface area contributed by atoms with Crippen LogP contribution in [-0.4, -0.2) is 12.4 Å². The minimum atomic E-state index is 0.164. The molecule has 20 heavy (non-hydrogen) atoms. The topological polar surface area (TPSA) is 26.3 Å². The third-order valence-corrected chi connectivity index (χ3v) is 4.15. The Hall–Kier alpha value is -1.31. The van der Waals surface area contributed by atoms with Crippen LogP contribution in [0.1, 0.15) is 58.4 Å². The Kier molecular flexibility index (Phi) is 4.85. The number of hydrogen-bond acceptors (Lipinski definition) is 2. The lowest BCUT2D eigenvalue weighted by atomic mass is 9.87. The molecule has 0 saturated heterocycles. The first-order chi connectivity index (χ1) is 9.47. The summed E-state index contributed by atoms with van der Waals surface area (Å²) in [5.41, 5.74) is 1.46. The zero-order chi connectivity index (χ0) is 14.6. The second kappa shape index (κ2) is 6.43. The van der Waals surface area contributed by atoms with E-state index in [4.69, 9.17) is 4.74 Å². The van der Waals surface area contributed by atoms with E-state index in [0.29, 0.717) is 24.7 Å². The van der Waals surface area contributed by atoms with Gasteiger partial charge in [0.05, 0.1) is 6.61 Å². The van der Waals surface area contributed by atoms with Gasteiger partial charge in [0.15, 0.2) is 0 Å². The molecule has 1 fully saturated rings. The number of ether oxygens (including phenoxy) is 1. The van der Waals surface area contributed by atoms with Crippen molar-refractivity contribution in [1.82, 2.24) is 0 Å². The van der Waals surface area contributed by atoms with Gasteiger partial charge in [-0.15, -0.1) is 0 Å². The lowest BCUT2D eigenvalue weighted by Gasteiger charge is -2.19.